The number of rotatable bonds is 6. The molecule has 1 fully saturated rings. The van der Waals surface area contributed by atoms with Crippen LogP contribution in [0.3, 0.4) is 0 Å². The van der Waals surface area contributed by atoms with Crippen molar-refractivity contribution in [3.8, 4) is 0 Å². The molecule has 0 spiro atoms. The van der Waals surface area contributed by atoms with Crippen molar-refractivity contribution in [2.75, 3.05) is 20.3 Å². The number of methoxy groups -OCH3 is 1. The van der Waals surface area contributed by atoms with Gasteiger partial charge in [-0.25, -0.2) is 4.79 Å². The lowest BCUT2D eigenvalue weighted by molar-refractivity contribution is -0.146. The summed E-state index contributed by atoms with van der Waals surface area (Å²) in [5, 5.41) is 0. The van der Waals surface area contributed by atoms with Gasteiger partial charge in [-0.2, -0.15) is 0 Å². The average molecular weight is 404 g/mol. The Morgan fingerprint density at radius 1 is 1.14 bits per heavy atom. The van der Waals surface area contributed by atoms with Crippen LogP contribution in [0.4, 0.5) is 4.79 Å². The third-order valence-electron chi connectivity index (χ3n) is 5.50. The van der Waals surface area contributed by atoms with Crippen molar-refractivity contribution in [3.63, 3.8) is 0 Å². The molecule has 1 saturated heterocycles. The summed E-state index contributed by atoms with van der Waals surface area (Å²) in [4.78, 5) is 38.2. The second-order valence-electron chi connectivity index (χ2n) is 8.64. The summed E-state index contributed by atoms with van der Waals surface area (Å²) in [6.07, 6.45) is 1.12. The molecule has 0 aromatic heterocycles. The monoisotopic (exact) mass is 403 g/mol. The number of ketones is 1. The predicted octanol–water partition coefficient (Wildman–Crippen LogP) is 3.90. The number of hydrogen-bond donors (Lipinski definition) is 0. The molecule has 6 heteroatoms. The maximum Gasteiger partial charge on any atom is 0.409 e. The molecule has 1 amide bonds. The first-order chi connectivity index (χ1) is 13.7. The molecule has 6 nitrogen and oxygen atoms in total. The van der Waals surface area contributed by atoms with Gasteiger partial charge < -0.3 is 14.4 Å². The number of hydrogen-bond acceptors (Lipinski definition) is 5. The van der Waals surface area contributed by atoms with Gasteiger partial charge in [0.25, 0.3) is 0 Å². The van der Waals surface area contributed by atoms with E-state index >= 15 is 0 Å². The molecule has 0 saturated carbocycles. The van der Waals surface area contributed by atoms with Crippen molar-refractivity contribution in [3.05, 3.63) is 35.4 Å². The van der Waals surface area contributed by atoms with E-state index in [0.717, 1.165) is 5.56 Å². The van der Waals surface area contributed by atoms with E-state index in [0.29, 0.717) is 25.8 Å². The van der Waals surface area contributed by atoms with Crippen molar-refractivity contribution >= 4 is 17.8 Å². The summed E-state index contributed by atoms with van der Waals surface area (Å²) in [6, 6.07) is 8.25. The number of esters is 1. The standard InChI is InChI=1S/C23H33NO5/c1-6-29-21(26)15-20(25)17-11-12-24(22(27)28-5)19(14-17)13-16-7-9-18(10-8-16)23(2,3)4/h7-10,17,19H,6,11-15H2,1-5H3/t17-,19-/m1/s1. The molecule has 2 atom stereocenters. The van der Waals surface area contributed by atoms with Gasteiger partial charge in [-0.3, -0.25) is 9.59 Å². The quantitative estimate of drug-likeness (QED) is 0.532. The lowest BCUT2D eigenvalue weighted by Gasteiger charge is -2.38. The van der Waals surface area contributed by atoms with Crippen molar-refractivity contribution in [1.82, 2.24) is 4.90 Å². The van der Waals surface area contributed by atoms with E-state index in [9.17, 15) is 14.4 Å². The van der Waals surface area contributed by atoms with Gasteiger partial charge in [-0.1, -0.05) is 45.0 Å². The topological polar surface area (TPSA) is 72.9 Å². The number of benzene rings is 1. The molecule has 0 unspecified atom stereocenters. The Balaban J connectivity index is 2.12. The predicted molar refractivity (Wildman–Crippen MR) is 111 cm³/mol. The number of Topliss-reactive ketones (excluding diaryl/α,β-unsaturated/α-hetero) is 1. The van der Waals surface area contributed by atoms with Crippen LogP contribution in [0.1, 0.15) is 58.1 Å². The fourth-order valence-electron chi connectivity index (χ4n) is 3.81. The van der Waals surface area contributed by atoms with Crippen LogP contribution >= 0.6 is 0 Å². The Hall–Kier alpha value is -2.37. The third-order valence-corrected chi connectivity index (χ3v) is 5.50. The van der Waals surface area contributed by atoms with Crippen molar-refractivity contribution in [1.29, 1.82) is 0 Å². The Kier molecular flexibility index (Phi) is 7.82. The SMILES string of the molecule is CCOC(=O)CC(=O)[C@@H]1CCN(C(=O)OC)[C@H](Cc2ccc(C(C)(C)C)cc2)C1. The molecule has 1 heterocycles. The minimum absolute atomic E-state index is 0.0754. The largest absolute Gasteiger partial charge is 0.466 e. The second kappa shape index (κ2) is 9.90. The van der Waals surface area contributed by atoms with Crippen molar-refractivity contribution in [2.45, 2.75) is 64.8 Å². The van der Waals surface area contributed by atoms with E-state index in [1.807, 2.05) is 0 Å². The molecule has 2 rings (SSSR count). The highest BCUT2D eigenvalue weighted by molar-refractivity contribution is 5.96. The van der Waals surface area contributed by atoms with Crippen molar-refractivity contribution < 1.29 is 23.9 Å². The van der Waals surface area contributed by atoms with Crippen LogP contribution in [0.2, 0.25) is 0 Å². The molecule has 1 aromatic rings. The number of nitrogens with zero attached hydrogens (tertiary/aromatic N) is 1. The molecule has 0 aliphatic carbocycles. The van der Waals surface area contributed by atoms with Crippen LogP contribution in [0.25, 0.3) is 0 Å². The number of amides is 1. The summed E-state index contributed by atoms with van der Waals surface area (Å²) < 4.78 is 9.84. The zero-order valence-electron chi connectivity index (χ0n) is 18.2. The summed E-state index contributed by atoms with van der Waals surface area (Å²) in [6.45, 7) is 8.93. The summed E-state index contributed by atoms with van der Waals surface area (Å²) in [5.74, 6) is -0.845. The Bertz CT molecular complexity index is 720. The van der Waals surface area contributed by atoms with Gasteiger partial charge in [-0.05, 0) is 42.7 Å². The zero-order chi connectivity index (χ0) is 21.6. The first-order valence-electron chi connectivity index (χ1n) is 10.3. The lowest BCUT2D eigenvalue weighted by atomic mass is 9.83. The Morgan fingerprint density at radius 3 is 2.34 bits per heavy atom. The van der Waals surface area contributed by atoms with E-state index in [-0.39, 0.29) is 42.3 Å². The van der Waals surface area contributed by atoms with E-state index in [1.54, 1.807) is 11.8 Å². The van der Waals surface area contributed by atoms with Gasteiger partial charge in [0.05, 0.1) is 13.7 Å². The maximum atomic E-state index is 12.5. The number of likely N-dealkylation sites (tertiary alicyclic amines) is 1. The number of carbonyl (C=O) groups excluding carboxylic acids is 3. The molecule has 0 N–H and O–H groups in total. The van der Waals surface area contributed by atoms with E-state index in [2.05, 4.69) is 45.0 Å². The fraction of sp³-hybridized carbons (Fsp3) is 0.609. The Morgan fingerprint density at radius 2 is 1.79 bits per heavy atom. The number of piperidine rings is 1. The molecule has 1 aliphatic rings. The molecule has 160 valence electrons. The Labute approximate surface area is 173 Å². The first kappa shape index (κ1) is 22.9. The highest BCUT2D eigenvalue weighted by Gasteiger charge is 2.35. The van der Waals surface area contributed by atoms with E-state index in [4.69, 9.17) is 9.47 Å². The summed E-state index contributed by atoms with van der Waals surface area (Å²) >= 11 is 0. The van der Waals surface area contributed by atoms with Crippen LogP contribution in [-0.2, 0) is 30.9 Å². The van der Waals surface area contributed by atoms with Crippen molar-refractivity contribution in [2.24, 2.45) is 5.92 Å². The highest BCUT2D eigenvalue weighted by Crippen LogP contribution is 2.29. The minimum atomic E-state index is -0.484. The molecule has 29 heavy (non-hydrogen) atoms. The van der Waals surface area contributed by atoms with Crippen LogP contribution in [0.15, 0.2) is 24.3 Å². The summed E-state index contributed by atoms with van der Waals surface area (Å²) in [7, 11) is 1.37. The molecule has 1 aromatic carbocycles. The molecule has 1 aliphatic heterocycles. The summed E-state index contributed by atoms with van der Waals surface area (Å²) in [5.41, 5.74) is 2.43. The molecule has 0 radical (unpaired) electrons. The molecular weight excluding hydrogens is 370 g/mol. The second-order valence-corrected chi connectivity index (χ2v) is 8.64. The number of carbonyl (C=O) groups is 3. The molecular formula is C23H33NO5. The minimum Gasteiger partial charge on any atom is -0.466 e. The van der Waals surface area contributed by atoms with E-state index in [1.165, 1.54) is 12.7 Å². The normalized spacial score (nSPS) is 19.6. The van der Waals surface area contributed by atoms with Gasteiger partial charge in [0.15, 0.2) is 0 Å². The lowest BCUT2D eigenvalue weighted by Crippen LogP contribution is -2.48. The smallest absolute Gasteiger partial charge is 0.409 e. The van der Waals surface area contributed by atoms with Gasteiger partial charge >= 0.3 is 12.1 Å². The highest BCUT2D eigenvalue weighted by atomic mass is 16.5. The molecule has 0 bridgehead atoms. The number of ether oxygens (including phenoxy) is 2. The fourth-order valence-corrected chi connectivity index (χ4v) is 3.81. The first-order valence-corrected chi connectivity index (χ1v) is 10.3. The van der Waals surface area contributed by atoms with E-state index < -0.39 is 5.97 Å². The van der Waals surface area contributed by atoms with Crippen LogP contribution in [-0.4, -0.2) is 49.0 Å². The van der Waals surface area contributed by atoms with Crippen LogP contribution in [0, 0.1) is 5.92 Å². The van der Waals surface area contributed by atoms with Gasteiger partial charge in [-0.15, -0.1) is 0 Å². The van der Waals surface area contributed by atoms with Gasteiger partial charge in [0, 0.05) is 18.5 Å². The van der Waals surface area contributed by atoms with Crippen LogP contribution < -0.4 is 0 Å². The van der Waals surface area contributed by atoms with Gasteiger partial charge in [0.2, 0.25) is 0 Å². The average Bonchev–Trinajstić information content (AvgIpc) is 2.67. The zero-order valence-corrected chi connectivity index (χ0v) is 18.2. The maximum absolute atomic E-state index is 12.5. The third kappa shape index (κ3) is 6.31. The van der Waals surface area contributed by atoms with Gasteiger partial charge in [0.1, 0.15) is 12.2 Å². The van der Waals surface area contributed by atoms with Crippen LogP contribution in [0.5, 0.6) is 0 Å².